The van der Waals surface area contributed by atoms with Crippen molar-refractivity contribution in [2.45, 2.75) is 26.8 Å². The van der Waals surface area contributed by atoms with E-state index in [0.29, 0.717) is 17.5 Å². The standard InChI is InChI=1S/C22H23FN2O3/c1-14-10-15(2)19-12-17(21(27)24-20(19)11-14)13-25(8-3-9-26)22(28)16-4-6-18(23)7-5-16/h4-7,10-12,26H,3,8-9,13H2,1-2H3,(H,24,27). The van der Waals surface area contributed by atoms with Gasteiger partial charge in [0.05, 0.1) is 6.54 Å². The molecule has 0 saturated carbocycles. The smallest absolute Gasteiger partial charge is 0.254 e. The lowest BCUT2D eigenvalue weighted by atomic mass is 10.0. The summed E-state index contributed by atoms with van der Waals surface area (Å²) >= 11 is 0. The summed E-state index contributed by atoms with van der Waals surface area (Å²) in [6.07, 6.45) is 0.386. The minimum atomic E-state index is -0.421. The second-order valence-electron chi connectivity index (χ2n) is 6.98. The van der Waals surface area contributed by atoms with E-state index in [1.54, 1.807) is 0 Å². The molecule has 0 spiro atoms. The van der Waals surface area contributed by atoms with E-state index < -0.39 is 5.82 Å². The molecule has 0 atom stereocenters. The number of H-pyrrole nitrogens is 1. The molecule has 0 aliphatic carbocycles. The van der Waals surface area contributed by atoms with Crippen LogP contribution in [0.15, 0.2) is 47.3 Å². The number of amides is 1. The van der Waals surface area contributed by atoms with Crippen molar-refractivity contribution in [1.82, 2.24) is 9.88 Å². The maximum absolute atomic E-state index is 13.2. The van der Waals surface area contributed by atoms with Gasteiger partial charge in [-0.3, -0.25) is 9.59 Å². The number of halogens is 1. The van der Waals surface area contributed by atoms with Crippen LogP contribution in [0.3, 0.4) is 0 Å². The summed E-state index contributed by atoms with van der Waals surface area (Å²) < 4.78 is 13.2. The van der Waals surface area contributed by atoms with E-state index in [9.17, 15) is 19.1 Å². The van der Waals surface area contributed by atoms with Crippen LogP contribution >= 0.6 is 0 Å². The molecule has 2 aromatic carbocycles. The average molecular weight is 382 g/mol. The molecule has 0 fully saturated rings. The van der Waals surface area contributed by atoms with Crippen molar-refractivity contribution in [1.29, 1.82) is 0 Å². The van der Waals surface area contributed by atoms with E-state index in [1.165, 1.54) is 29.2 Å². The lowest BCUT2D eigenvalue weighted by Gasteiger charge is -2.22. The second-order valence-corrected chi connectivity index (χ2v) is 6.98. The van der Waals surface area contributed by atoms with Crippen LogP contribution in [0.1, 0.15) is 33.5 Å². The first kappa shape index (κ1) is 19.8. The van der Waals surface area contributed by atoms with Gasteiger partial charge in [-0.2, -0.15) is 0 Å². The molecule has 1 heterocycles. The minimum Gasteiger partial charge on any atom is -0.396 e. The van der Waals surface area contributed by atoms with E-state index in [2.05, 4.69) is 4.98 Å². The van der Waals surface area contributed by atoms with Gasteiger partial charge in [0.25, 0.3) is 11.5 Å². The molecule has 0 radical (unpaired) electrons. The van der Waals surface area contributed by atoms with Crippen LogP contribution < -0.4 is 5.56 Å². The monoisotopic (exact) mass is 382 g/mol. The second kappa shape index (κ2) is 8.35. The molecule has 3 rings (SSSR count). The molecule has 0 aliphatic rings. The largest absolute Gasteiger partial charge is 0.396 e. The highest BCUT2D eigenvalue weighted by molar-refractivity contribution is 5.94. The van der Waals surface area contributed by atoms with Crippen LogP contribution in [0.5, 0.6) is 0 Å². The Morgan fingerprint density at radius 1 is 1.14 bits per heavy atom. The van der Waals surface area contributed by atoms with E-state index >= 15 is 0 Å². The van der Waals surface area contributed by atoms with Gasteiger partial charge >= 0.3 is 0 Å². The number of hydrogen-bond acceptors (Lipinski definition) is 3. The number of rotatable bonds is 6. The Balaban J connectivity index is 1.96. The van der Waals surface area contributed by atoms with E-state index in [-0.39, 0.29) is 31.2 Å². The number of aliphatic hydroxyl groups is 1. The maximum Gasteiger partial charge on any atom is 0.254 e. The number of nitrogens with one attached hydrogen (secondary N) is 1. The molecule has 28 heavy (non-hydrogen) atoms. The van der Waals surface area contributed by atoms with Crippen molar-refractivity contribution in [2.75, 3.05) is 13.2 Å². The highest BCUT2D eigenvalue weighted by Crippen LogP contribution is 2.19. The first-order valence-electron chi connectivity index (χ1n) is 9.18. The number of aromatic amines is 1. The van der Waals surface area contributed by atoms with Crippen LogP contribution in [0.25, 0.3) is 10.9 Å². The van der Waals surface area contributed by atoms with Gasteiger partial charge in [0.1, 0.15) is 5.82 Å². The maximum atomic E-state index is 13.2. The molecule has 0 unspecified atom stereocenters. The molecule has 0 saturated heterocycles. The van der Waals surface area contributed by atoms with Crippen LogP contribution in [0.4, 0.5) is 4.39 Å². The van der Waals surface area contributed by atoms with Crippen molar-refractivity contribution in [2.24, 2.45) is 0 Å². The van der Waals surface area contributed by atoms with Crippen LogP contribution in [0, 0.1) is 19.7 Å². The van der Waals surface area contributed by atoms with Crippen LogP contribution in [-0.4, -0.2) is 34.0 Å². The number of nitrogens with zero attached hydrogens (tertiary/aromatic N) is 1. The molecule has 2 N–H and O–H groups in total. The van der Waals surface area contributed by atoms with E-state index in [4.69, 9.17) is 0 Å². The molecular weight excluding hydrogens is 359 g/mol. The predicted octanol–water partition coefficient (Wildman–Crippen LogP) is 3.31. The zero-order valence-electron chi connectivity index (χ0n) is 16.0. The van der Waals surface area contributed by atoms with Gasteiger partial charge in [0.15, 0.2) is 0 Å². The summed E-state index contributed by atoms with van der Waals surface area (Å²) in [5.74, 6) is -0.733. The van der Waals surface area contributed by atoms with Crippen LogP contribution in [-0.2, 0) is 6.54 Å². The molecule has 146 valence electrons. The molecule has 0 aliphatic heterocycles. The Kier molecular flexibility index (Phi) is 5.90. The van der Waals surface area contributed by atoms with Gasteiger partial charge in [0, 0.05) is 35.2 Å². The van der Waals surface area contributed by atoms with E-state index in [0.717, 1.165) is 22.0 Å². The fourth-order valence-corrected chi connectivity index (χ4v) is 3.33. The molecule has 5 nitrogen and oxygen atoms in total. The molecule has 1 amide bonds. The van der Waals surface area contributed by atoms with Crippen molar-refractivity contribution in [3.8, 4) is 0 Å². The van der Waals surface area contributed by atoms with Crippen molar-refractivity contribution < 1.29 is 14.3 Å². The SMILES string of the molecule is Cc1cc(C)c2cc(CN(CCCO)C(=O)c3ccc(F)cc3)c(=O)[nH]c2c1. The third-order valence-electron chi connectivity index (χ3n) is 4.72. The number of carbonyl (C=O) groups excluding carboxylic acids is 1. The number of fused-ring (bicyclic) bond motifs is 1. The highest BCUT2D eigenvalue weighted by atomic mass is 19.1. The zero-order chi connectivity index (χ0) is 20.3. The molecule has 3 aromatic rings. The summed E-state index contributed by atoms with van der Waals surface area (Å²) in [6, 6.07) is 11.1. The van der Waals surface area contributed by atoms with Crippen molar-refractivity contribution in [3.63, 3.8) is 0 Å². The summed E-state index contributed by atoms with van der Waals surface area (Å²) in [5.41, 5.74) is 3.41. The Morgan fingerprint density at radius 3 is 2.54 bits per heavy atom. The molecule has 0 bridgehead atoms. The van der Waals surface area contributed by atoms with Gasteiger partial charge < -0.3 is 15.0 Å². The van der Waals surface area contributed by atoms with Crippen LogP contribution in [0.2, 0.25) is 0 Å². The molecular formula is C22H23FN2O3. The first-order chi connectivity index (χ1) is 13.4. The third kappa shape index (κ3) is 4.28. The Bertz CT molecular complexity index is 1060. The normalized spacial score (nSPS) is 11.0. The first-order valence-corrected chi connectivity index (χ1v) is 9.18. The fourth-order valence-electron chi connectivity index (χ4n) is 3.33. The topological polar surface area (TPSA) is 73.4 Å². The van der Waals surface area contributed by atoms with Crippen molar-refractivity contribution in [3.05, 3.63) is 80.9 Å². The van der Waals surface area contributed by atoms with Gasteiger partial charge in [0.2, 0.25) is 0 Å². The number of aromatic nitrogens is 1. The Labute approximate surface area is 162 Å². The summed E-state index contributed by atoms with van der Waals surface area (Å²) in [5, 5.41) is 10.1. The number of hydrogen-bond donors (Lipinski definition) is 2. The highest BCUT2D eigenvalue weighted by Gasteiger charge is 2.18. The summed E-state index contributed by atoms with van der Waals surface area (Å²) in [6.45, 7) is 4.27. The molecule has 6 heteroatoms. The fraction of sp³-hybridized carbons (Fsp3) is 0.273. The quantitative estimate of drug-likeness (QED) is 0.687. The van der Waals surface area contributed by atoms with Gasteiger partial charge in [-0.05, 0) is 67.8 Å². The Morgan fingerprint density at radius 2 is 1.86 bits per heavy atom. The minimum absolute atomic E-state index is 0.0698. The zero-order valence-corrected chi connectivity index (χ0v) is 16.0. The number of aliphatic hydroxyl groups excluding tert-OH is 1. The van der Waals surface area contributed by atoms with Gasteiger partial charge in [-0.25, -0.2) is 4.39 Å². The predicted molar refractivity (Wildman–Crippen MR) is 107 cm³/mol. The van der Waals surface area contributed by atoms with Gasteiger partial charge in [-0.15, -0.1) is 0 Å². The number of aryl methyl sites for hydroxylation is 2. The number of pyridine rings is 1. The lowest BCUT2D eigenvalue weighted by molar-refractivity contribution is 0.0731. The van der Waals surface area contributed by atoms with E-state index in [1.807, 2.05) is 32.0 Å². The lowest BCUT2D eigenvalue weighted by Crippen LogP contribution is -2.34. The average Bonchev–Trinajstić information content (AvgIpc) is 2.65. The molecule has 1 aromatic heterocycles. The van der Waals surface area contributed by atoms with Crippen molar-refractivity contribution >= 4 is 16.8 Å². The third-order valence-corrected chi connectivity index (χ3v) is 4.72. The number of benzene rings is 2. The summed E-state index contributed by atoms with van der Waals surface area (Å²) in [4.78, 5) is 29.8. The van der Waals surface area contributed by atoms with Gasteiger partial charge in [-0.1, -0.05) is 6.07 Å². The Hall–Kier alpha value is -2.99. The summed E-state index contributed by atoms with van der Waals surface area (Å²) in [7, 11) is 0. The number of carbonyl (C=O) groups is 1.